The minimum atomic E-state index is -4.48. The molecule has 3 aromatic rings. The Morgan fingerprint density at radius 1 is 0.861 bits per heavy atom. The molecule has 0 heterocycles. The number of benzene rings is 3. The second kappa shape index (κ2) is 9.23. The van der Waals surface area contributed by atoms with Gasteiger partial charge < -0.3 is 0 Å². The summed E-state index contributed by atoms with van der Waals surface area (Å²) in [5, 5.41) is 0. The molecule has 0 aromatic heterocycles. The van der Waals surface area contributed by atoms with Crippen molar-refractivity contribution >= 4 is 35.1 Å². The molecule has 0 amide bonds. The Morgan fingerprint density at radius 2 is 1.53 bits per heavy atom. The molecule has 4 heteroatoms. The van der Waals surface area contributed by atoms with Crippen molar-refractivity contribution < 1.29 is 15.6 Å². The van der Waals surface area contributed by atoms with E-state index in [-0.39, 0.29) is 12.7 Å². The van der Waals surface area contributed by atoms with Crippen molar-refractivity contribution in [1.82, 2.24) is 0 Å². The molecule has 2 unspecified atom stereocenters. The predicted octanol–water partition coefficient (Wildman–Crippen LogP) is 10.2. The third-order valence-corrected chi connectivity index (χ3v) is 60.6. The van der Waals surface area contributed by atoms with E-state index in [0.717, 1.165) is 6.42 Å². The van der Waals surface area contributed by atoms with Gasteiger partial charge in [-0.1, -0.05) is 0 Å². The molecule has 0 fully saturated rings. The molecule has 5 rings (SSSR count). The number of hydrogen-bond acceptors (Lipinski definition) is 0. The van der Waals surface area contributed by atoms with Crippen molar-refractivity contribution in [2.24, 2.45) is 0 Å². The second-order valence-corrected chi connectivity index (χ2v) is 54.6. The van der Waals surface area contributed by atoms with Gasteiger partial charge in [0.05, 0.1) is 0 Å². The number of fused-ring (bicyclic) bond motifs is 2. The van der Waals surface area contributed by atoms with Gasteiger partial charge in [-0.25, -0.2) is 0 Å². The summed E-state index contributed by atoms with van der Waals surface area (Å²) >= 11 is -4.48. The van der Waals surface area contributed by atoms with Crippen LogP contribution in [0.15, 0.2) is 78.4 Å². The first-order valence-electron chi connectivity index (χ1n) is 13.3. The molecular formula is C32H37Cl2SiZr. The normalized spacial score (nSPS) is 20.1. The molecule has 0 radical (unpaired) electrons. The molecule has 0 bridgehead atoms. The van der Waals surface area contributed by atoms with E-state index in [1.54, 1.807) is 0 Å². The zero-order valence-corrected chi connectivity index (χ0v) is 27.4. The monoisotopic (exact) mass is 609 g/mol. The van der Waals surface area contributed by atoms with Gasteiger partial charge in [0.2, 0.25) is 0 Å². The van der Waals surface area contributed by atoms with Crippen LogP contribution in [0.2, 0.25) is 13.1 Å². The molecule has 187 valence electrons. The summed E-state index contributed by atoms with van der Waals surface area (Å²) in [6.45, 7) is 13.9. The van der Waals surface area contributed by atoms with Gasteiger partial charge in [-0.05, 0) is 0 Å². The van der Waals surface area contributed by atoms with E-state index in [1.807, 2.05) is 0 Å². The van der Waals surface area contributed by atoms with E-state index in [4.69, 9.17) is 17.0 Å². The Balaban J connectivity index is 1.64. The molecule has 0 spiro atoms. The molecule has 0 saturated carbocycles. The minimum absolute atomic E-state index is 0.136. The fraction of sp³-hybridized carbons (Fsp3) is 0.312. The van der Waals surface area contributed by atoms with Gasteiger partial charge in [-0.2, -0.15) is 0 Å². The SMILES string of the molecule is CCC1=Cc2ccccc2[CH]1[Zr]([Cl])([Cl])([CH]1C=Cc2c(-c3ccc(C(C)(C)C)cc3)cccc21)[SiH](C)C. The van der Waals surface area contributed by atoms with Crippen molar-refractivity contribution in [3.05, 3.63) is 106 Å². The summed E-state index contributed by atoms with van der Waals surface area (Å²) in [6, 6.07) is 24.6. The zero-order valence-electron chi connectivity index (χ0n) is 22.3. The van der Waals surface area contributed by atoms with Crippen LogP contribution < -0.4 is 0 Å². The first-order chi connectivity index (χ1) is 17.0. The van der Waals surface area contributed by atoms with E-state index in [9.17, 15) is 0 Å². The van der Waals surface area contributed by atoms with Crippen LogP contribution in [-0.4, -0.2) is 5.92 Å². The molecule has 2 aliphatic carbocycles. The molecular weight excluding hydrogens is 575 g/mol. The molecule has 2 aliphatic rings. The van der Waals surface area contributed by atoms with Crippen LogP contribution >= 0.6 is 17.0 Å². The predicted molar refractivity (Wildman–Crippen MR) is 160 cm³/mol. The number of allylic oxidation sites excluding steroid dienone is 2. The van der Waals surface area contributed by atoms with Gasteiger partial charge in [0.1, 0.15) is 0 Å². The standard InChI is InChI=1S/C19H19.C11H11.C2H7Si.2ClH.Zr/c1-19(2,3)16-12-10-15(11-13-16)18-9-5-7-14-6-4-8-17(14)18;1-2-9-7-10-5-3-4-6-11(10)8-9;1-3-2;;;/h4-13H,1-3H3;3-8H,2H2,1H3;3H,1-2H3;2*1H;/q;;;;;+2/p-2. The maximum absolute atomic E-state index is 8.19. The quantitative estimate of drug-likeness (QED) is 0.252. The Kier molecular flexibility index (Phi) is 6.78. The van der Waals surface area contributed by atoms with E-state index < -0.39 is 21.5 Å². The van der Waals surface area contributed by atoms with Crippen LogP contribution in [0.4, 0.5) is 0 Å². The summed E-state index contributed by atoms with van der Waals surface area (Å²) in [4.78, 5) is 0. The van der Waals surface area contributed by atoms with Crippen LogP contribution in [0.25, 0.3) is 23.3 Å². The third kappa shape index (κ3) is 4.03. The number of halogens is 2. The summed E-state index contributed by atoms with van der Waals surface area (Å²) in [5.74, 6) is -1.46. The van der Waals surface area contributed by atoms with Gasteiger partial charge in [0.25, 0.3) is 0 Å². The molecule has 0 aliphatic heterocycles. The second-order valence-electron chi connectivity index (χ2n) is 12.0. The van der Waals surface area contributed by atoms with Crippen LogP contribution in [0.5, 0.6) is 0 Å². The van der Waals surface area contributed by atoms with Gasteiger partial charge in [-0.15, -0.1) is 0 Å². The van der Waals surface area contributed by atoms with Crippen LogP contribution in [0.3, 0.4) is 0 Å². The third-order valence-electron chi connectivity index (χ3n) is 8.67. The Labute approximate surface area is 226 Å². The van der Waals surface area contributed by atoms with E-state index in [1.165, 1.54) is 44.5 Å². The van der Waals surface area contributed by atoms with Gasteiger partial charge in [0.15, 0.2) is 0 Å². The Bertz CT molecular complexity index is 1380. The molecule has 0 nitrogen and oxygen atoms in total. The van der Waals surface area contributed by atoms with Crippen LogP contribution in [0.1, 0.15) is 69.2 Å². The van der Waals surface area contributed by atoms with Gasteiger partial charge in [-0.3, -0.25) is 0 Å². The first kappa shape index (κ1) is 26.4. The Morgan fingerprint density at radius 3 is 2.17 bits per heavy atom. The zero-order chi connectivity index (χ0) is 25.9. The maximum atomic E-state index is 8.19. The van der Waals surface area contributed by atoms with E-state index in [0.29, 0.717) is 0 Å². The van der Waals surface area contributed by atoms with E-state index >= 15 is 0 Å². The van der Waals surface area contributed by atoms with Crippen molar-refractivity contribution in [2.45, 2.75) is 59.9 Å². The average molecular weight is 612 g/mol. The van der Waals surface area contributed by atoms with Crippen molar-refractivity contribution in [3.8, 4) is 11.1 Å². The summed E-state index contributed by atoms with van der Waals surface area (Å²) < 4.78 is 0.328. The van der Waals surface area contributed by atoms with Gasteiger partial charge in [0, 0.05) is 0 Å². The summed E-state index contributed by atoms with van der Waals surface area (Å²) in [5.41, 5.74) is 10.8. The number of hydrogen-bond donors (Lipinski definition) is 0. The molecule has 0 saturated heterocycles. The first-order valence-corrected chi connectivity index (χ1v) is 29.6. The van der Waals surface area contributed by atoms with Crippen LogP contribution in [0, 0.1) is 0 Å². The van der Waals surface area contributed by atoms with Crippen molar-refractivity contribution in [2.75, 3.05) is 0 Å². The van der Waals surface area contributed by atoms with Crippen molar-refractivity contribution in [1.29, 1.82) is 0 Å². The molecule has 2 atom stereocenters. The van der Waals surface area contributed by atoms with Crippen molar-refractivity contribution in [3.63, 3.8) is 0 Å². The summed E-state index contributed by atoms with van der Waals surface area (Å²) in [7, 11) is 16.4. The molecule has 3 aromatic carbocycles. The Hall–Kier alpha value is -1.18. The fourth-order valence-corrected chi connectivity index (χ4v) is 36.0. The molecule has 36 heavy (non-hydrogen) atoms. The number of rotatable bonds is 5. The topological polar surface area (TPSA) is 0 Å². The van der Waals surface area contributed by atoms with Crippen LogP contribution in [-0.2, 0) is 21.0 Å². The fourth-order valence-electron chi connectivity index (χ4n) is 6.44. The van der Waals surface area contributed by atoms with E-state index in [2.05, 4.69) is 126 Å². The molecule has 0 N–H and O–H groups in total. The summed E-state index contributed by atoms with van der Waals surface area (Å²) in [6.07, 6.45) is 8.07. The average Bonchev–Trinajstić information content (AvgIpc) is 3.46. The van der Waals surface area contributed by atoms with Gasteiger partial charge >= 0.3 is 228 Å².